The Bertz CT molecular complexity index is 200. The first-order valence-electron chi connectivity index (χ1n) is 4.27. The van der Waals surface area contributed by atoms with Gasteiger partial charge in [-0.05, 0) is 13.3 Å². The molecule has 0 aromatic heterocycles. The summed E-state index contributed by atoms with van der Waals surface area (Å²) in [4.78, 5) is 3.88. The second kappa shape index (κ2) is 3.98. The van der Waals surface area contributed by atoms with Gasteiger partial charge in [0.15, 0.2) is 5.90 Å². The minimum absolute atomic E-state index is 0.0834. The van der Waals surface area contributed by atoms with Crippen molar-refractivity contribution in [3.05, 3.63) is 0 Å². The van der Waals surface area contributed by atoms with Crippen molar-refractivity contribution in [1.29, 1.82) is 0 Å². The highest BCUT2D eigenvalue weighted by atomic mass is 19.4. The second-order valence-corrected chi connectivity index (χ2v) is 2.94. The molecule has 13 heavy (non-hydrogen) atoms. The SMILES string of the molecule is CCOC1=NCCC(C(F)(F)F)C1. The van der Waals surface area contributed by atoms with Gasteiger partial charge < -0.3 is 4.74 Å². The Balaban J connectivity index is 2.52. The van der Waals surface area contributed by atoms with Crippen LogP contribution in [-0.2, 0) is 4.74 Å². The van der Waals surface area contributed by atoms with E-state index in [9.17, 15) is 13.2 Å². The third kappa shape index (κ3) is 2.90. The Morgan fingerprint density at radius 1 is 1.54 bits per heavy atom. The molecular weight excluding hydrogens is 183 g/mol. The molecule has 1 unspecified atom stereocenters. The largest absolute Gasteiger partial charge is 0.481 e. The minimum atomic E-state index is -4.11. The van der Waals surface area contributed by atoms with Gasteiger partial charge in [0.25, 0.3) is 0 Å². The summed E-state index contributed by atoms with van der Waals surface area (Å²) < 4.78 is 41.7. The van der Waals surface area contributed by atoms with Gasteiger partial charge in [0.1, 0.15) is 0 Å². The highest BCUT2D eigenvalue weighted by molar-refractivity contribution is 5.77. The van der Waals surface area contributed by atoms with Crippen molar-refractivity contribution in [2.75, 3.05) is 13.2 Å². The summed E-state index contributed by atoms with van der Waals surface area (Å²) in [5.41, 5.74) is 0. The van der Waals surface area contributed by atoms with Crippen molar-refractivity contribution < 1.29 is 17.9 Å². The molecule has 1 aliphatic rings. The van der Waals surface area contributed by atoms with Gasteiger partial charge in [-0.1, -0.05) is 0 Å². The molecule has 0 bridgehead atoms. The van der Waals surface area contributed by atoms with Crippen LogP contribution in [-0.4, -0.2) is 25.2 Å². The number of alkyl halides is 3. The first-order valence-corrected chi connectivity index (χ1v) is 4.27. The van der Waals surface area contributed by atoms with Crippen LogP contribution in [0.4, 0.5) is 13.2 Å². The number of hydrogen-bond donors (Lipinski definition) is 0. The molecule has 76 valence electrons. The number of halogens is 3. The lowest BCUT2D eigenvalue weighted by atomic mass is 9.98. The molecule has 5 heteroatoms. The van der Waals surface area contributed by atoms with Crippen molar-refractivity contribution in [1.82, 2.24) is 0 Å². The lowest BCUT2D eigenvalue weighted by molar-refractivity contribution is -0.175. The highest BCUT2D eigenvalue weighted by Crippen LogP contribution is 2.33. The third-order valence-corrected chi connectivity index (χ3v) is 1.96. The van der Waals surface area contributed by atoms with Crippen LogP contribution < -0.4 is 0 Å². The predicted molar refractivity (Wildman–Crippen MR) is 42.7 cm³/mol. The molecule has 1 rings (SSSR count). The summed E-state index contributed by atoms with van der Waals surface area (Å²) in [5, 5.41) is 0. The van der Waals surface area contributed by atoms with E-state index >= 15 is 0 Å². The zero-order chi connectivity index (χ0) is 9.90. The van der Waals surface area contributed by atoms with E-state index in [-0.39, 0.29) is 25.3 Å². The van der Waals surface area contributed by atoms with Crippen LogP contribution in [0.1, 0.15) is 19.8 Å². The Labute approximate surface area is 74.8 Å². The Kier molecular flexibility index (Phi) is 3.17. The molecule has 0 saturated carbocycles. The molecule has 0 aliphatic carbocycles. The van der Waals surface area contributed by atoms with Gasteiger partial charge in [-0.25, -0.2) is 0 Å². The summed E-state index contributed by atoms with van der Waals surface area (Å²) in [6.07, 6.45) is -4.13. The number of hydrogen-bond acceptors (Lipinski definition) is 2. The van der Waals surface area contributed by atoms with Crippen LogP contribution in [0, 0.1) is 5.92 Å². The van der Waals surface area contributed by atoms with Crippen LogP contribution in [0.2, 0.25) is 0 Å². The number of nitrogens with zero attached hydrogens (tertiary/aromatic N) is 1. The molecule has 1 aliphatic heterocycles. The second-order valence-electron chi connectivity index (χ2n) is 2.94. The van der Waals surface area contributed by atoms with E-state index in [1.165, 1.54) is 0 Å². The van der Waals surface area contributed by atoms with E-state index in [1.807, 2.05) is 0 Å². The average molecular weight is 195 g/mol. The van der Waals surface area contributed by atoms with Crippen LogP contribution in [0.5, 0.6) is 0 Å². The molecular formula is C8H12F3NO. The summed E-state index contributed by atoms with van der Waals surface area (Å²) in [6.45, 7) is 2.34. The zero-order valence-electron chi connectivity index (χ0n) is 7.40. The lowest BCUT2D eigenvalue weighted by Gasteiger charge is -2.23. The lowest BCUT2D eigenvalue weighted by Crippen LogP contribution is -2.30. The first-order chi connectivity index (χ1) is 6.04. The van der Waals surface area contributed by atoms with Crippen molar-refractivity contribution in [2.45, 2.75) is 25.9 Å². The van der Waals surface area contributed by atoms with E-state index in [0.29, 0.717) is 6.61 Å². The predicted octanol–water partition coefficient (Wildman–Crippen LogP) is 2.39. The fourth-order valence-corrected chi connectivity index (χ4v) is 1.27. The maximum absolute atomic E-state index is 12.2. The topological polar surface area (TPSA) is 21.6 Å². The van der Waals surface area contributed by atoms with E-state index in [4.69, 9.17) is 4.74 Å². The van der Waals surface area contributed by atoms with Crippen molar-refractivity contribution in [2.24, 2.45) is 10.9 Å². The minimum Gasteiger partial charge on any atom is -0.481 e. The monoisotopic (exact) mass is 195 g/mol. The molecule has 0 fully saturated rings. The van der Waals surface area contributed by atoms with E-state index in [1.54, 1.807) is 6.92 Å². The van der Waals surface area contributed by atoms with Gasteiger partial charge in [-0.2, -0.15) is 13.2 Å². The first kappa shape index (κ1) is 10.3. The third-order valence-electron chi connectivity index (χ3n) is 1.96. The molecule has 0 N–H and O–H groups in total. The Hall–Kier alpha value is -0.740. The number of rotatable bonds is 1. The molecule has 0 amide bonds. The highest BCUT2D eigenvalue weighted by Gasteiger charge is 2.41. The molecule has 0 aromatic carbocycles. The van der Waals surface area contributed by atoms with Gasteiger partial charge in [0.05, 0.1) is 12.5 Å². The fraction of sp³-hybridized carbons (Fsp3) is 0.875. The fourth-order valence-electron chi connectivity index (χ4n) is 1.27. The molecule has 2 nitrogen and oxygen atoms in total. The smallest absolute Gasteiger partial charge is 0.392 e. The zero-order valence-corrected chi connectivity index (χ0v) is 7.40. The standard InChI is InChI=1S/C8H12F3NO/c1-2-13-7-5-6(3-4-12-7)8(9,10)11/h6H,2-5H2,1H3. The molecule has 1 heterocycles. The number of aliphatic imine (C=N–C) groups is 1. The van der Waals surface area contributed by atoms with Crippen LogP contribution >= 0.6 is 0 Å². The Morgan fingerprint density at radius 2 is 2.23 bits per heavy atom. The summed E-state index contributed by atoms with van der Waals surface area (Å²) in [7, 11) is 0. The van der Waals surface area contributed by atoms with Crippen molar-refractivity contribution in [3.8, 4) is 0 Å². The number of ether oxygens (including phenoxy) is 1. The van der Waals surface area contributed by atoms with E-state index in [0.717, 1.165) is 0 Å². The van der Waals surface area contributed by atoms with E-state index in [2.05, 4.69) is 4.99 Å². The van der Waals surface area contributed by atoms with Gasteiger partial charge in [0, 0.05) is 13.0 Å². The summed E-state index contributed by atoms with van der Waals surface area (Å²) >= 11 is 0. The summed E-state index contributed by atoms with van der Waals surface area (Å²) in [5.74, 6) is -1.03. The van der Waals surface area contributed by atoms with Gasteiger partial charge in [-0.3, -0.25) is 4.99 Å². The molecule has 0 saturated heterocycles. The maximum Gasteiger partial charge on any atom is 0.392 e. The quantitative estimate of drug-likeness (QED) is 0.629. The van der Waals surface area contributed by atoms with Crippen molar-refractivity contribution >= 4 is 5.90 Å². The van der Waals surface area contributed by atoms with Gasteiger partial charge >= 0.3 is 6.18 Å². The average Bonchev–Trinajstić information content (AvgIpc) is 2.04. The summed E-state index contributed by atoms with van der Waals surface area (Å²) in [6, 6.07) is 0. The molecule has 0 aromatic rings. The Morgan fingerprint density at radius 3 is 2.77 bits per heavy atom. The van der Waals surface area contributed by atoms with Crippen LogP contribution in [0.3, 0.4) is 0 Å². The normalized spacial score (nSPS) is 24.0. The van der Waals surface area contributed by atoms with Crippen LogP contribution in [0.25, 0.3) is 0 Å². The van der Waals surface area contributed by atoms with Crippen LogP contribution in [0.15, 0.2) is 4.99 Å². The molecule has 0 spiro atoms. The van der Waals surface area contributed by atoms with E-state index < -0.39 is 12.1 Å². The molecule has 1 atom stereocenters. The van der Waals surface area contributed by atoms with Gasteiger partial charge in [0.2, 0.25) is 0 Å². The van der Waals surface area contributed by atoms with Crippen molar-refractivity contribution in [3.63, 3.8) is 0 Å². The maximum atomic E-state index is 12.2. The molecule has 0 radical (unpaired) electrons. The van der Waals surface area contributed by atoms with Gasteiger partial charge in [-0.15, -0.1) is 0 Å².